The maximum absolute atomic E-state index is 14.6. The van der Waals surface area contributed by atoms with Crippen molar-refractivity contribution in [3.63, 3.8) is 0 Å². The van der Waals surface area contributed by atoms with Gasteiger partial charge in [0.25, 0.3) is 0 Å². The van der Waals surface area contributed by atoms with Crippen molar-refractivity contribution >= 4 is 34.5 Å². The molecule has 0 amide bonds. The highest BCUT2D eigenvalue weighted by Gasteiger charge is 2.25. The Morgan fingerprint density at radius 3 is 2.88 bits per heavy atom. The molecule has 3 N–H and O–H groups in total. The smallest absolute Gasteiger partial charge is 0.341 e. The number of carboxylic acid groups (broad SMARTS) is 1. The van der Waals surface area contributed by atoms with Gasteiger partial charge < -0.3 is 15.7 Å². The first-order chi connectivity index (χ1) is 12.5. The van der Waals surface area contributed by atoms with Crippen LogP contribution in [-0.2, 0) is 0 Å². The lowest BCUT2D eigenvalue weighted by atomic mass is 10.2. The van der Waals surface area contributed by atoms with Crippen molar-refractivity contribution in [1.82, 2.24) is 18.3 Å². The first kappa shape index (κ1) is 16.5. The number of aromatic carboxylic acids is 1. The van der Waals surface area contributed by atoms with Gasteiger partial charge in [-0.25, -0.2) is 14.2 Å². The van der Waals surface area contributed by atoms with E-state index in [-0.39, 0.29) is 22.9 Å². The normalized spacial score (nSPS) is 17.2. The molecule has 0 bridgehead atoms. The topological polar surface area (TPSA) is 127 Å². The fourth-order valence-corrected chi connectivity index (χ4v) is 3.42. The Labute approximate surface area is 149 Å². The van der Waals surface area contributed by atoms with Crippen LogP contribution in [0.2, 0.25) is 0 Å². The lowest BCUT2D eigenvalue weighted by Gasteiger charge is -2.19. The highest BCUT2D eigenvalue weighted by Crippen LogP contribution is 2.25. The third-order valence-corrected chi connectivity index (χ3v) is 4.73. The lowest BCUT2D eigenvalue weighted by Crippen LogP contribution is -2.28. The van der Waals surface area contributed by atoms with E-state index in [1.54, 1.807) is 4.90 Å². The molecular weight excluding hydrogens is 363 g/mol. The molecule has 1 aliphatic heterocycles. The van der Waals surface area contributed by atoms with E-state index in [2.05, 4.69) is 13.7 Å². The molecule has 1 fully saturated rings. The molecule has 4 heterocycles. The van der Waals surface area contributed by atoms with Crippen molar-refractivity contribution in [2.24, 2.45) is 5.73 Å². The average Bonchev–Trinajstić information content (AvgIpc) is 3.26. The summed E-state index contributed by atoms with van der Waals surface area (Å²) in [5.41, 5.74) is 4.70. The largest absolute Gasteiger partial charge is 0.477 e. The number of carbonyl (C=O) groups is 1. The molecule has 3 aromatic heterocycles. The highest BCUT2D eigenvalue weighted by atomic mass is 32.1. The molecule has 0 aliphatic carbocycles. The van der Waals surface area contributed by atoms with Crippen molar-refractivity contribution in [3.05, 3.63) is 40.1 Å². The zero-order chi connectivity index (χ0) is 18.4. The van der Waals surface area contributed by atoms with E-state index in [4.69, 9.17) is 5.73 Å². The van der Waals surface area contributed by atoms with Crippen LogP contribution in [0.3, 0.4) is 0 Å². The highest BCUT2D eigenvalue weighted by molar-refractivity contribution is 6.99. The minimum atomic E-state index is -1.41. The van der Waals surface area contributed by atoms with Crippen LogP contribution < -0.4 is 16.1 Å². The van der Waals surface area contributed by atoms with Gasteiger partial charge >= 0.3 is 5.97 Å². The van der Waals surface area contributed by atoms with E-state index in [1.807, 2.05) is 0 Å². The van der Waals surface area contributed by atoms with Gasteiger partial charge in [0, 0.05) is 25.3 Å². The Hall–Kier alpha value is -2.92. The third kappa shape index (κ3) is 2.61. The minimum absolute atomic E-state index is 0.0739. The Bertz CT molecular complexity index is 1070. The molecule has 0 saturated carbocycles. The molecule has 1 unspecified atom stereocenters. The molecule has 26 heavy (non-hydrogen) atoms. The number of rotatable bonds is 3. The second-order valence-corrected chi connectivity index (χ2v) is 6.53. The van der Waals surface area contributed by atoms with Gasteiger partial charge in [0.1, 0.15) is 5.56 Å². The van der Waals surface area contributed by atoms with E-state index < -0.39 is 22.8 Å². The maximum Gasteiger partial charge on any atom is 0.341 e. The van der Waals surface area contributed by atoms with Gasteiger partial charge in [0.05, 0.1) is 23.3 Å². The second-order valence-electron chi connectivity index (χ2n) is 5.97. The van der Waals surface area contributed by atoms with Crippen LogP contribution in [0.4, 0.5) is 10.2 Å². The fraction of sp³-hybridized carbons (Fsp3) is 0.267. The van der Waals surface area contributed by atoms with Gasteiger partial charge in [-0.05, 0) is 12.5 Å². The van der Waals surface area contributed by atoms with E-state index in [0.717, 1.165) is 24.0 Å². The number of hydrogen-bond donors (Lipinski definition) is 2. The summed E-state index contributed by atoms with van der Waals surface area (Å²) in [5, 5.41) is 9.15. The lowest BCUT2D eigenvalue weighted by molar-refractivity contribution is 0.0695. The first-order valence-corrected chi connectivity index (χ1v) is 8.46. The minimum Gasteiger partial charge on any atom is -0.477 e. The average molecular weight is 376 g/mol. The van der Waals surface area contributed by atoms with E-state index in [1.165, 1.54) is 10.8 Å². The van der Waals surface area contributed by atoms with Crippen LogP contribution in [0.15, 0.2) is 23.3 Å². The van der Waals surface area contributed by atoms with Gasteiger partial charge in [0.15, 0.2) is 23.1 Å². The Morgan fingerprint density at radius 1 is 1.46 bits per heavy atom. The summed E-state index contributed by atoms with van der Waals surface area (Å²) in [6.45, 7) is 0.997. The number of pyridine rings is 2. The van der Waals surface area contributed by atoms with Gasteiger partial charge in [-0.15, -0.1) is 0 Å². The van der Waals surface area contributed by atoms with Crippen LogP contribution in [0.1, 0.15) is 16.8 Å². The summed E-state index contributed by atoms with van der Waals surface area (Å²) >= 11 is 0.919. The molecule has 9 nitrogen and oxygen atoms in total. The number of nitrogens with two attached hydrogens (primary N) is 1. The molecule has 0 aromatic carbocycles. The predicted molar refractivity (Wildman–Crippen MR) is 92.5 cm³/mol. The summed E-state index contributed by atoms with van der Waals surface area (Å²) in [6.07, 6.45) is 3.25. The molecule has 0 radical (unpaired) electrons. The number of carboxylic acids is 1. The molecule has 134 valence electrons. The molecule has 1 saturated heterocycles. The molecule has 1 atom stereocenters. The quantitative estimate of drug-likeness (QED) is 0.681. The van der Waals surface area contributed by atoms with Crippen LogP contribution in [0.5, 0.6) is 0 Å². The summed E-state index contributed by atoms with van der Waals surface area (Å²) in [6, 6.07) is 0.943. The zero-order valence-corrected chi connectivity index (χ0v) is 14.1. The fourth-order valence-electron chi connectivity index (χ4n) is 3.01. The number of hydrogen-bond acceptors (Lipinski definition) is 8. The van der Waals surface area contributed by atoms with Crippen molar-refractivity contribution in [1.29, 1.82) is 0 Å². The summed E-state index contributed by atoms with van der Waals surface area (Å²) in [4.78, 5) is 29.9. The number of nitrogens with zero attached hydrogens (tertiary/aromatic N) is 5. The van der Waals surface area contributed by atoms with E-state index >= 15 is 0 Å². The Balaban J connectivity index is 2.02. The zero-order valence-electron chi connectivity index (χ0n) is 13.3. The van der Waals surface area contributed by atoms with Gasteiger partial charge in [-0.1, -0.05) is 0 Å². The number of fused-ring (bicyclic) bond motifs is 1. The Kier molecular flexibility index (Phi) is 3.89. The molecule has 0 spiro atoms. The SMILES string of the molecule is NC1CCN(c2nc3c(cc2F)c(=O)c(C(=O)O)cn3-c2cnsn2)C1. The third-order valence-electron chi connectivity index (χ3n) is 4.26. The number of halogens is 1. The van der Waals surface area contributed by atoms with Gasteiger partial charge in [0.2, 0.25) is 5.43 Å². The number of anilines is 1. The van der Waals surface area contributed by atoms with Crippen molar-refractivity contribution in [3.8, 4) is 5.82 Å². The molecular formula is C15H13FN6O3S. The molecule has 1 aliphatic rings. The van der Waals surface area contributed by atoms with Gasteiger partial charge in [-0.2, -0.15) is 8.75 Å². The Morgan fingerprint density at radius 2 is 2.27 bits per heavy atom. The van der Waals surface area contributed by atoms with E-state index in [0.29, 0.717) is 25.3 Å². The molecule has 4 rings (SSSR count). The first-order valence-electron chi connectivity index (χ1n) is 7.73. The molecule has 3 aromatic rings. The monoisotopic (exact) mass is 376 g/mol. The van der Waals surface area contributed by atoms with E-state index in [9.17, 15) is 19.1 Å². The second kappa shape index (κ2) is 6.11. The molecule has 11 heteroatoms. The van der Waals surface area contributed by atoms with Crippen molar-refractivity contribution < 1.29 is 14.3 Å². The number of aromatic nitrogens is 4. The van der Waals surface area contributed by atoms with Crippen molar-refractivity contribution in [2.75, 3.05) is 18.0 Å². The maximum atomic E-state index is 14.6. The summed E-state index contributed by atoms with van der Waals surface area (Å²) < 4.78 is 23.9. The van der Waals surface area contributed by atoms with Crippen LogP contribution in [-0.4, -0.2) is 48.5 Å². The van der Waals surface area contributed by atoms with Crippen LogP contribution in [0.25, 0.3) is 16.9 Å². The predicted octanol–water partition coefficient (Wildman–Crippen LogP) is 0.612. The van der Waals surface area contributed by atoms with Crippen molar-refractivity contribution in [2.45, 2.75) is 12.5 Å². The summed E-state index contributed by atoms with van der Waals surface area (Å²) in [7, 11) is 0. The van der Waals surface area contributed by atoms with Crippen LogP contribution in [0, 0.1) is 5.82 Å². The van der Waals surface area contributed by atoms with Crippen LogP contribution >= 0.6 is 11.7 Å². The van der Waals surface area contributed by atoms with Gasteiger partial charge in [-0.3, -0.25) is 9.36 Å². The standard InChI is InChI=1S/C15H13FN6O3S/c16-10-3-8-12(23)9(15(24)25)6-22(11-4-18-26-20-11)13(8)19-14(10)21-2-1-7(17)5-21/h3-4,6-7H,1-2,5,17H2,(H,24,25). The summed E-state index contributed by atoms with van der Waals surface area (Å²) in [5.74, 6) is -1.74.